The third-order valence-corrected chi connectivity index (χ3v) is 1.64. The number of allylic oxidation sites excluding steroid dienone is 2. The summed E-state index contributed by atoms with van der Waals surface area (Å²) < 4.78 is 0. The molecule has 1 N–H and O–H groups in total. The van der Waals surface area contributed by atoms with Gasteiger partial charge in [0, 0.05) is 12.7 Å². The quantitative estimate of drug-likeness (QED) is 0.613. The van der Waals surface area contributed by atoms with Gasteiger partial charge in [0.2, 0.25) is 0 Å². The molecule has 0 aromatic rings. The fourth-order valence-electron chi connectivity index (χ4n) is 0.776. The first-order valence-electron chi connectivity index (χ1n) is 3.56. The minimum atomic E-state index is 1.21. The lowest BCUT2D eigenvalue weighted by molar-refractivity contribution is 0.852. The first kappa shape index (κ1) is 8.54. The van der Waals surface area contributed by atoms with Crippen molar-refractivity contribution in [3.8, 4) is 0 Å². The van der Waals surface area contributed by atoms with Crippen molar-refractivity contribution >= 4 is 0 Å². The largest absolute Gasteiger partial charge is 0.392 e. The molecular weight excluding hydrogens is 110 g/mol. The summed E-state index contributed by atoms with van der Waals surface area (Å²) in [6.07, 6.45) is 2.46. The number of hydrogen-bond acceptors (Lipinski definition) is 1. The molecule has 1 heteroatoms. The van der Waals surface area contributed by atoms with Gasteiger partial charge in [0.25, 0.3) is 0 Å². The van der Waals surface area contributed by atoms with Crippen LogP contribution in [-0.2, 0) is 0 Å². The van der Waals surface area contributed by atoms with Crippen LogP contribution in [0, 0.1) is 0 Å². The second-order valence-electron chi connectivity index (χ2n) is 2.41. The average Bonchev–Trinajstić information content (AvgIpc) is 1.87. The van der Waals surface area contributed by atoms with E-state index in [1.165, 1.54) is 24.1 Å². The van der Waals surface area contributed by atoms with Crippen LogP contribution < -0.4 is 5.32 Å². The Morgan fingerprint density at radius 2 is 1.89 bits per heavy atom. The number of rotatable bonds is 3. The molecule has 0 fully saturated rings. The van der Waals surface area contributed by atoms with Gasteiger partial charge in [-0.1, -0.05) is 18.9 Å². The minimum absolute atomic E-state index is 1.21. The fourth-order valence-corrected chi connectivity index (χ4v) is 0.776. The predicted octanol–water partition coefficient (Wildman–Crippen LogP) is 2.30. The highest BCUT2D eigenvalue weighted by atomic mass is 14.8. The monoisotopic (exact) mass is 127 g/mol. The lowest BCUT2D eigenvalue weighted by Gasteiger charge is -2.04. The van der Waals surface area contributed by atoms with Crippen molar-refractivity contribution in [2.24, 2.45) is 0 Å². The predicted molar refractivity (Wildman–Crippen MR) is 42.3 cm³/mol. The first-order valence-corrected chi connectivity index (χ1v) is 3.56. The van der Waals surface area contributed by atoms with E-state index in [1.54, 1.807) is 0 Å². The van der Waals surface area contributed by atoms with Gasteiger partial charge in [-0.2, -0.15) is 0 Å². The van der Waals surface area contributed by atoms with Crippen molar-refractivity contribution in [3.63, 3.8) is 0 Å². The molecule has 0 heterocycles. The first-order chi connectivity index (χ1) is 4.22. The lowest BCUT2D eigenvalue weighted by Crippen LogP contribution is -2.04. The van der Waals surface area contributed by atoms with E-state index in [9.17, 15) is 0 Å². The summed E-state index contributed by atoms with van der Waals surface area (Å²) in [6, 6.07) is 0. The normalized spacial score (nSPS) is 12.9. The Labute approximate surface area is 58.2 Å². The zero-order valence-electron chi connectivity index (χ0n) is 6.91. The maximum absolute atomic E-state index is 3.13. The smallest absolute Gasteiger partial charge is 0.00615 e. The van der Waals surface area contributed by atoms with E-state index in [-0.39, 0.29) is 0 Å². The van der Waals surface area contributed by atoms with Crippen LogP contribution in [0.5, 0.6) is 0 Å². The summed E-state index contributed by atoms with van der Waals surface area (Å²) in [5, 5.41) is 3.13. The Kier molecular flexibility index (Phi) is 4.20. The van der Waals surface area contributed by atoms with Crippen LogP contribution in [0.25, 0.3) is 0 Å². The standard InChI is InChI=1S/C8H17N/c1-5-6-7(2)8(3)9-4/h9H,5-6H2,1-4H3/b8-7+. The topological polar surface area (TPSA) is 12.0 Å². The maximum Gasteiger partial charge on any atom is 0.00615 e. The molecule has 0 aliphatic carbocycles. The van der Waals surface area contributed by atoms with Gasteiger partial charge in [-0.15, -0.1) is 0 Å². The fraction of sp³-hybridized carbons (Fsp3) is 0.750. The molecule has 0 bridgehead atoms. The van der Waals surface area contributed by atoms with Crippen molar-refractivity contribution in [3.05, 3.63) is 11.3 Å². The van der Waals surface area contributed by atoms with Crippen LogP contribution in [0.1, 0.15) is 33.6 Å². The van der Waals surface area contributed by atoms with Gasteiger partial charge in [-0.3, -0.25) is 0 Å². The van der Waals surface area contributed by atoms with Crippen molar-refractivity contribution in [2.45, 2.75) is 33.6 Å². The molecule has 0 aromatic carbocycles. The summed E-state index contributed by atoms with van der Waals surface area (Å²) in [4.78, 5) is 0. The lowest BCUT2D eigenvalue weighted by atomic mass is 10.1. The van der Waals surface area contributed by atoms with Crippen LogP contribution >= 0.6 is 0 Å². The molecule has 0 spiro atoms. The van der Waals surface area contributed by atoms with Crippen molar-refractivity contribution in [1.82, 2.24) is 5.32 Å². The van der Waals surface area contributed by atoms with Gasteiger partial charge in [-0.05, 0) is 20.3 Å². The van der Waals surface area contributed by atoms with Gasteiger partial charge in [0.1, 0.15) is 0 Å². The molecule has 9 heavy (non-hydrogen) atoms. The summed E-state index contributed by atoms with van der Waals surface area (Å²) in [6.45, 7) is 6.49. The summed E-state index contributed by atoms with van der Waals surface area (Å²) >= 11 is 0. The highest BCUT2D eigenvalue weighted by molar-refractivity contribution is 5.06. The third-order valence-electron chi connectivity index (χ3n) is 1.64. The van der Waals surface area contributed by atoms with Gasteiger partial charge >= 0.3 is 0 Å². The van der Waals surface area contributed by atoms with E-state index in [0.29, 0.717) is 0 Å². The van der Waals surface area contributed by atoms with Crippen LogP contribution in [0.15, 0.2) is 11.3 Å². The Morgan fingerprint density at radius 1 is 1.33 bits per heavy atom. The van der Waals surface area contributed by atoms with Gasteiger partial charge < -0.3 is 5.32 Å². The average molecular weight is 127 g/mol. The molecule has 0 radical (unpaired) electrons. The zero-order valence-corrected chi connectivity index (χ0v) is 6.91. The van der Waals surface area contributed by atoms with Crippen LogP contribution in [0.4, 0.5) is 0 Å². The molecule has 0 rings (SSSR count). The Morgan fingerprint density at radius 3 is 2.22 bits per heavy atom. The van der Waals surface area contributed by atoms with E-state index in [1.807, 2.05) is 7.05 Å². The zero-order chi connectivity index (χ0) is 7.28. The highest BCUT2D eigenvalue weighted by Crippen LogP contribution is 2.06. The van der Waals surface area contributed by atoms with Gasteiger partial charge in [-0.25, -0.2) is 0 Å². The van der Waals surface area contributed by atoms with E-state index >= 15 is 0 Å². The van der Waals surface area contributed by atoms with Crippen molar-refractivity contribution < 1.29 is 0 Å². The second-order valence-corrected chi connectivity index (χ2v) is 2.41. The number of nitrogens with one attached hydrogen (secondary N) is 1. The Hall–Kier alpha value is -0.460. The van der Waals surface area contributed by atoms with E-state index in [0.717, 1.165) is 0 Å². The molecule has 0 amide bonds. The maximum atomic E-state index is 3.13. The molecule has 0 aliphatic rings. The highest BCUT2D eigenvalue weighted by Gasteiger charge is 1.90. The SMILES string of the molecule is CCC/C(C)=C(\C)NC. The van der Waals surface area contributed by atoms with E-state index in [2.05, 4.69) is 26.1 Å². The molecule has 0 unspecified atom stereocenters. The summed E-state index contributed by atoms with van der Waals surface area (Å²) in [5.74, 6) is 0. The summed E-state index contributed by atoms with van der Waals surface area (Å²) in [5.41, 5.74) is 2.79. The third kappa shape index (κ3) is 3.17. The molecule has 0 saturated heterocycles. The van der Waals surface area contributed by atoms with Crippen molar-refractivity contribution in [1.29, 1.82) is 0 Å². The molecule has 1 nitrogen and oxygen atoms in total. The molecule has 0 aromatic heterocycles. The number of hydrogen-bond donors (Lipinski definition) is 1. The van der Waals surface area contributed by atoms with Crippen LogP contribution in [0.2, 0.25) is 0 Å². The molecule has 0 atom stereocenters. The van der Waals surface area contributed by atoms with Crippen LogP contribution in [-0.4, -0.2) is 7.05 Å². The second kappa shape index (κ2) is 4.42. The van der Waals surface area contributed by atoms with Gasteiger partial charge in [0.05, 0.1) is 0 Å². The molecule has 0 aliphatic heterocycles. The van der Waals surface area contributed by atoms with E-state index in [4.69, 9.17) is 0 Å². The molecular formula is C8H17N. The van der Waals surface area contributed by atoms with Crippen molar-refractivity contribution in [2.75, 3.05) is 7.05 Å². The van der Waals surface area contributed by atoms with Gasteiger partial charge in [0.15, 0.2) is 0 Å². The minimum Gasteiger partial charge on any atom is -0.392 e. The Bertz CT molecular complexity index is 103. The summed E-state index contributed by atoms with van der Waals surface area (Å²) in [7, 11) is 1.97. The molecule has 54 valence electrons. The molecule has 0 saturated carbocycles. The Balaban J connectivity index is 3.78. The van der Waals surface area contributed by atoms with Crippen LogP contribution in [0.3, 0.4) is 0 Å². The van der Waals surface area contributed by atoms with E-state index < -0.39 is 0 Å².